The SMILES string of the molecule is COc1cccc2sc(=NC(=O)c3ccc(S(=O)(=O)N(C)C)cc3)n(C)c12. The van der Waals surface area contributed by atoms with Gasteiger partial charge < -0.3 is 9.30 Å². The van der Waals surface area contributed by atoms with E-state index in [1.54, 1.807) is 7.11 Å². The molecule has 9 heteroatoms. The van der Waals surface area contributed by atoms with Crippen LogP contribution >= 0.6 is 11.3 Å². The van der Waals surface area contributed by atoms with Crippen LogP contribution in [0.2, 0.25) is 0 Å². The van der Waals surface area contributed by atoms with Crippen molar-refractivity contribution in [1.29, 1.82) is 0 Å². The Morgan fingerprint density at radius 3 is 2.41 bits per heavy atom. The van der Waals surface area contributed by atoms with E-state index in [9.17, 15) is 13.2 Å². The molecule has 0 saturated heterocycles. The van der Waals surface area contributed by atoms with Crippen LogP contribution in [-0.4, -0.2) is 44.4 Å². The number of hydrogen-bond acceptors (Lipinski definition) is 5. The van der Waals surface area contributed by atoms with Gasteiger partial charge >= 0.3 is 0 Å². The van der Waals surface area contributed by atoms with Crippen molar-refractivity contribution in [2.24, 2.45) is 12.0 Å². The van der Waals surface area contributed by atoms with Gasteiger partial charge in [-0.1, -0.05) is 17.4 Å². The first kappa shape index (κ1) is 19.3. The van der Waals surface area contributed by atoms with Crippen LogP contribution in [0.25, 0.3) is 10.2 Å². The van der Waals surface area contributed by atoms with Gasteiger partial charge in [0.15, 0.2) is 4.80 Å². The van der Waals surface area contributed by atoms with E-state index in [1.807, 2.05) is 29.8 Å². The zero-order valence-electron chi connectivity index (χ0n) is 15.3. The number of aryl methyl sites for hydroxylation is 1. The number of amides is 1. The lowest BCUT2D eigenvalue weighted by Gasteiger charge is -2.11. The van der Waals surface area contributed by atoms with E-state index >= 15 is 0 Å². The topological polar surface area (TPSA) is 81.0 Å². The van der Waals surface area contributed by atoms with Crippen LogP contribution in [-0.2, 0) is 17.1 Å². The molecule has 0 aliphatic heterocycles. The molecule has 0 spiro atoms. The minimum atomic E-state index is -3.53. The molecule has 2 aromatic carbocycles. The lowest BCUT2D eigenvalue weighted by atomic mass is 10.2. The van der Waals surface area contributed by atoms with Crippen molar-refractivity contribution < 1.29 is 17.9 Å². The predicted molar refractivity (Wildman–Crippen MR) is 105 cm³/mol. The summed E-state index contributed by atoms with van der Waals surface area (Å²) in [7, 11) is 2.80. The van der Waals surface area contributed by atoms with E-state index < -0.39 is 15.9 Å². The highest BCUT2D eigenvalue weighted by Crippen LogP contribution is 2.26. The fraction of sp³-hybridized carbons (Fsp3) is 0.222. The van der Waals surface area contributed by atoms with Crippen molar-refractivity contribution in [2.45, 2.75) is 4.90 Å². The number of hydrogen-bond donors (Lipinski definition) is 0. The van der Waals surface area contributed by atoms with Gasteiger partial charge in [0.05, 0.1) is 16.7 Å². The number of sulfonamides is 1. The van der Waals surface area contributed by atoms with E-state index in [-0.39, 0.29) is 4.90 Å². The van der Waals surface area contributed by atoms with Gasteiger partial charge in [0.25, 0.3) is 5.91 Å². The molecule has 0 atom stereocenters. The van der Waals surface area contributed by atoms with E-state index in [2.05, 4.69) is 4.99 Å². The first-order valence-electron chi connectivity index (χ1n) is 8.00. The van der Waals surface area contributed by atoms with Crippen LogP contribution in [0, 0.1) is 0 Å². The lowest BCUT2D eigenvalue weighted by Crippen LogP contribution is -2.22. The second-order valence-corrected chi connectivity index (χ2v) is 9.14. The number of para-hydroxylation sites is 1. The van der Waals surface area contributed by atoms with E-state index in [1.165, 1.54) is 49.7 Å². The third kappa shape index (κ3) is 3.53. The van der Waals surface area contributed by atoms with Crippen molar-refractivity contribution in [2.75, 3.05) is 21.2 Å². The van der Waals surface area contributed by atoms with Crippen LogP contribution < -0.4 is 9.54 Å². The molecule has 0 unspecified atom stereocenters. The van der Waals surface area contributed by atoms with Crippen LogP contribution in [0.4, 0.5) is 0 Å². The maximum Gasteiger partial charge on any atom is 0.279 e. The molecular weight excluding hydrogens is 386 g/mol. The highest BCUT2D eigenvalue weighted by atomic mass is 32.2. The molecule has 0 N–H and O–H groups in total. The summed E-state index contributed by atoms with van der Waals surface area (Å²) in [4.78, 5) is 17.4. The number of nitrogens with zero attached hydrogens (tertiary/aromatic N) is 3. The van der Waals surface area contributed by atoms with Crippen molar-refractivity contribution in [3.05, 3.63) is 52.8 Å². The summed E-state index contributed by atoms with van der Waals surface area (Å²) in [6.07, 6.45) is 0. The molecule has 0 saturated carbocycles. The molecule has 27 heavy (non-hydrogen) atoms. The number of ether oxygens (including phenoxy) is 1. The maximum absolute atomic E-state index is 12.5. The first-order valence-corrected chi connectivity index (χ1v) is 10.3. The van der Waals surface area contributed by atoms with Gasteiger partial charge in [-0.2, -0.15) is 4.99 Å². The molecule has 0 aliphatic rings. The highest BCUT2D eigenvalue weighted by molar-refractivity contribution is 7.89. The number of carbonyl (C=O) groups is 1. The Morgan fingerprint density at radius 1 is 1.15 bits per heavy atom. The van der Waals surface area contributed by atoms with Gasteiger partial charge in [-0.3, -0.25) is 4.79 Å². The Balaban J connectivity index is 2.00. The Morgan fingerprint density at radius 2 is 1.81 bits per heavy atom. The third-order valence-electron chi connectivity index (χ3n) is 4.08. The van der Waals surface area contributed by atoms with Crippen LogP contribution in [0.5, 0.6) is 5.75 Å². The predicted octanol–water partition coefficient (Wildman–Crippen LogP) is 2.24. The molecule has 3 aromatic rings. The van der Waals surface area contributed by atoms with E-state index in [0.29, 0.717) is 16.1 Å². The molecule has 0 bridgehead atoms. The first-order chi connectivity index (χ1) is 12.8. The number of rotatable bonds is 4. The average molecular weight is 406 g/mol. The summed E-state index contributed by atoms with van der Waals surface area (Å²) < 4.78 is 33.5. The third-order valence-corrected chi connectivity index (χ3v) is 7.01. The number of thiazole rings is 1. The zero-order chi connectivity index (χ0) is 19.8. The van der Waals surface area contributed by atoms with Gasteiger partial charge in [0.2, 0.25) is 10.0 Å². The van der Waals surface area contributed by atoms with Crippen molar-refractivity contribution in [3.63, 3.8) is 0 Å². The molecule has 142 valence electrons. The summed E-state index contributed by atoms with van der Waals surface area (Å²) in [5, 5.41) is 0. The van der Waals surface area contributed by atoms with Crippen LogP contribution in [0.1, 0.15) is 10.4 Å². The largest absolute Gasteiger partial charge is 0.495 e. The quantitative estimate of drug-likeness (QED) is 0.667. The van der Waals surface area contributed by atoms with Gasteiger partial charge in [-0.15, -0.1) is 0 Å². The summed E-state index contributed by atoms with van der Waals surface area (Å²) in [6, 6.07) is 11.4. The van der Waals surface area contributed by atoms with Gasteiger partial charge in [0.1, 0.15) is 11.3 Å². The number of aromatic nitrogens is 1. The van der Waals surface area contributed by atoms with Crippen molar-refractivity contribution in [3.8, 4) is 5.75 Å². The standard InChI is InChI=1S/C18H19N3O4S2/c1-20(2)27(23,24)13-10-8-12(9-11-13)17(22)19-18-21(3)16-14(25-4)6-5-7-15(16)26-18/h5-11H,1-4H3. The molecular formula is C18H19N3O4S2. The summed E-state index contributed by atoms with van der Waals surface area (Å²) in [5.41, 5.74) is 1.18. The Kier molecular flexibility index (Phi) is 5.18. The summed E-state index contributed by atoms with van der Waals surface area (Å²) in [6.45, 7) is 0. The fourth-order valence-corrected chi connectivity index (χ4v) is 4.51. The second-order valence-electron chi connectivity index (χ2n) is 5.98. The molecule has 7 nitrogen and oxygen atoms in total. The molecule has 1 amide bonds. The number of fused-ring (bicyclic) bond motifs is 1. The lowest BCUT2D eigenvalue weighted by molar-refractivity contribution is 0.0998. The molecule has 1 heterocycles. The summed E-state index contributed by atoms with van der Waals surface area (Å²) in [5.74, 6) is 0.267. The van der Waals surface area contributed by atoms with Crippen LogP contribution in [0.3, 0.4) is 0 Å². The average Bonchev–Trinajstić information content (AvgIpc) is 2.97. The van der Waals surface area contributed by atoms with Gasteiger partial charge in [-0.05, 0) is 36.4 Å². The maximum atomic E-state index is 12.5. The monoisotopic (exact) mass is 405 g/mol. The second kappa shape index (κ2) is 7.26. The number of benzene rings is 2. The fourth-order valence-electron chi connectivity index (χ4n) is 2.57. The Labute approximate surface area is 161 Å². The molecule has 0 aliphatic carbocycles. The number of carbonyl (C=O) groups excluding carboxylic acids is 1. The smallest absolute Gasteiger partial charge is 0.279 e. The molecule has 0 fully saturated rings. The number of methoxy groups -OCH3 is 1. The van der Waals surface area contributed by atoms with Crippen molar-refractivity contribution in [1.82, 2.24) is 8.87 Å². The van der Waals surface area contributed by atoms with E-state index in [0.717, 1.165) is 14.5 Å². The normalized spacial score (nSPS) is 12.7. The minimum Gasteiger partial charge on any atom is -0.495 e. The molecule has 1 aromatic heterocycles. The molecule has 0 radical (unpaired) electrons. The Bertz CT molecular complexity index is 1170. The van der Waals surface area contributed by atoms with Gasteiger partial charge in [-0.25, -0.2) is 12.7 Å². The minimum absolute atomic E-state index is 0.126. The zero-order valence-corrected chi connectivity index (χ0v) is 17.0. The van der Waals surface area contributed by atoms with Crippen molar-refractivity contribution >= 4 is 37.5 Å². The highest BCUT2D eigenvalue weighted by Gasteiger charge is 2.17. The summed E-state index contributed by atoms with van der Waals surface area (Å²) >= 11 is 1.38. The van der Waals surface area contributed by atoms with Gasteiger partial charge in [0, 0.05) is 26.7 Å². The molecule has 3 rings (SSSR count). The Hall–Kier alpha value is -2.49. The van der Waals surface area contributed by atoms with E-state index in [4.69, 9.17) is 4.74 Å². The van der Waals surface area contributed by atoms with Crippen LogP contribution in [0.15, 0.2) is 52.4 Å².